The molecule has 2 aromatic rings. The summed E-state index contributed by atoms with van der Waals surface area (Å²) in [6.07, 6.45) is 0.401. The number of para-hydroxylation sites is 1. The molecule has 0 radical (unpaired) electrons. The van der Waals surface area contributed by atoms with Crippen LogP contribution in [0.3, 0.4) is 0 Å². The lowest BCUT2D eigenvalue weighted by atomic mass is 10.1. The van der Waals surface area contributed by atoms with Gasteiger partial charge >= 0.3 is 0 Å². The molecule has 1 aliphatic rings. The monoisotopic (exact) mass is 461 g/mol. The maximum Gasteiger partial charge on any atom is 0.289 e. The molecule has 2 aromatic carbocycles. The van der Waals surface area contributed by atoms with Crippen molar-refractivity contribution in [1.29, 1.82) is 0 Å². The van der Waals surface area contributed by atoms with Crippen molar-refractivity contribution in [2.24, 2.45) is 0 Å². The van der Waals surface area contributed by atoms with E-state index in [-0.39, 0.29) is 49.4 Å². The molecule has 0 atom stereocenters. The second kappa shape index (κ2) is 9.88. The van der Waals surface area contributed by atoms with E-state index in [1.165, 1.54) is 23.1 Å². The summed E-state index contributed by atoms with van der Waals surface area (Å²) >= 11 is 0. The average Bonchev–Trinajstić information content (AvgIpc) is 2.82. The molecule has 1 amide bonds. The summed E-state index contributed by atoms with van der Waals surface area (Å²) < 4.78 is 32.4. The van der Waals surface area contributed by atoms with Gasteiger partial charge in [0.05, 0.1) is 4.92 Å². The zero-order chi connectivity index (χ0) is 23.3. The number of sulfonamides is 1. The summed E-state index contributed by atoms with van der Waals surface area (Å²) in [7, 11) is -4.06. The topological polar surface area (TPSA) is 127 Å². The van der Waals surface area contributed by atoms with E-state index in [1.807, 2.05) is 0 Å². The number of piperazine rings is 1. The van der Waals surface area contributed by atoms with Crippen LogP contribution in [0.2, 0.25) is 0 Å². The Morgan fingerprint density at radius 3 is 2.25 bits per heavy atom. The summed E-state index contributed by atoms with van der Waals surface area (Å²) in [5.74, 6) is 0.159. The predicted octanol–water partition coefficient (Wildman–Crippen LogP) is 2.10. The highest BCUT2D eigenvalue weighted by molar-refractivity contribution is 7.89. The molecule has 1 aliphatic heterocycles. The van der Waals surface area contributed by atoms with Crippen molar-refractivity contribution in [3.63, 3.8) is 0 Å². The zero-order valence-electron chi connectivity index (χ0n) is 17.5. The number of nitrogens with zero attached hydrogens (tertiary/aromatic N) is 3. The fourth-order valence-corrected chi connectivity index (χ4v) is 4.90. The number of rotatable bonds is 8. The summed E-state index contributed by atoms with van der Waals surface area (Å²) in [5, 5.41) is 11.2. The van der Waals surface area contributed by atoms with Crippen molar-refractivity contribution in [3.05, 3.63) is 64.2 Å². The van der Waals surface area contributed by atoms with Gasteiger partial charge in [0, 0.05) is 44.2 Å². The molecule has 0 saturated carbocycles. The predicted molar refractivity (Wildman–Crippen MR) is 115 cm³/mol. The van der Waals surface area contributed by atoms with E-state index in [4.69, 9.17) is 4.74 Å². The van der Waals surface area contributed by atoms with Crippen LogP contribution in [0.25, 0.3) is 0 Å². The van der Waals surface area contributed by atoms with Crippen LogP contribution in [-0.2, 0) is 14.8 Å². The Hall–Kier alpha value is -3.31. The van der Waals surface area contributed by atoms with E-state index < -0.39 is 20.6 Å². The number of hydrogen-bond acceptors (Lipinski definition) is 7. The van der Waals surface area contributed by atoms with Crippen LogP contribution in [0.1, 0.15) is 23.7 Å². The standard InChI is InChI=1S/C21H23N3O7S/c1-2-19(25)16-7-9-17(10-8-16)31-15-21(26)22-11-13-23(14-12-22)32(29,30)20-6-4-3-5-18(20)24(27)28/h3-10H,2,11-15H2,1H3. The van der Waals surface area contributed by atoms with Crippen LogP contribution >= 0.6 is 0 Å². The Bertz CT molecular complexity index is 1110. The van der Waals surface area contributed by atoms with Gasteiger partial charge in [0.1, 0.15) is 5.75 Å². The molecule has 1 heterocycles. The van der Waals surface area contributed by atoms with Crippen LogP contribution in [0.5, 0.6) is 5.75 Å². The normalized spacial score (nSPS) is 14.7. The van der Waals surface area contributed by atoms with E-state index in [0.29, 0.717) is 17.7 Å². The molecule has 1 saturated heterocycles. The molecule has 0 unspecified atom stereocenters. The van der Waals surface area contributed by atoms with Gasteiger partial charge in [-0.1, -0.05) is 19.1 Å². The lowest BCUT2D eigenvalue weighted by molar-refractivity contribution is -0.387. The second-order valence-corrected chi connectivity index (χ2v) is 9.01. The third-order valence-electron chi connectivity index (χ3n) is 5.13. The molecular weight excluding hydrogens is 438 g/mol. The van der Waals surface area contributed by atoms with Gasteiger partial charge in [-0.15, -0.1) is 0 Å². The maximum absolute atomic E-state index is 12.9. The first kappa shape index (κ1) is 23.4. The van der Waals surface area contributed by atoms with Crippen LogP contribution in [0.4, 0.5) is 5.69 Å². The quantitative estimate of drug-likeness (QED) is 0.335. The largest absolute Gasteiger partial charge is 0.484 e. The lowest BCUT2D eigenvalue weighted by Gasteiger charge is -2.33. The first-order valence-corrected chi connectivity index (χ1v) is 11.5. The molecule has 170 valence electrons. The van der Waals surface area contributed by atoms with Gasteiger partial charge in [-0.05, 0) is 30.3 Å². The molecule has 10 nitrogen and oxygen atoms in total. The van der Waals surface area contributed by atoms with Crippen LogP contribution < -0.4 is 4.74 Å². The van der Waals surface area contributed by atoms with Gasteiger partial charge in [-0.25, -0.2) is 8.42 Å². The van der Waals surface area contributed by atoms with Gasteiger partial charge < -0.3 is 9.64 Å². The lowest BCUT2D eigenvalue weighted by Crippen LogP contribution is -2.51. The van der Waals surface area contributed by atoms with Crippen molar-refractivity contribution in [2.75, 3.05) is 32.8 Å². The van der Waals surface area contributed by atoms with Gasteiger partial charge in [0.15, 0.2) is 17.3 Å². The molecule has 0 bridgehead atoms. The van der Waals surface area contributed by atoms with Crippen molar-refractivity contribution < 1.29 is 27.7 Å². The van der Waals surface area contributed by atoms with Crippen LogP contribution in [0, 0.1) is 10.1 Å². The zero-order valence-corrected chi connectivity index (χ0v) is 18.3. The summed E-state index contributed by atoms with van der Waals surface area (Å²) in [4.78, 5) is 35.7. The third kappa shape index (κ3) is 5.11. The first-order chi connectivity index (χ1) is 15.2. The van der Waals surface area contributed by atoms with E-state index in [1.54, 1.807) is 31.2 Å². The summed E-state index contributed by atoms with van der Waals surface area (Å²) in [5.41, 5.74) is 0.0909. The number of carbonyl (C=O) groups is 2. The molecule has 3 rings (SSSR count). The van der Waals surface area contributed by atoms with E-state index in [2.05, 4.69) is 0 Å². The van der Waals surface area contributed by atoms with Crippen molar-refractivity contribution >= 4 is 27.4 Å². The average molecular weight is 461 g/mol. The number of carbonyl (C=O) groups excluding carboxylic acids is 2. The number of nitro benzene ring substituents is 1. The number of nitro groups is 1. The number of ketones is 1. The molecule has 0 spiro atoms. The fraction of sp³-hybridized carbons (Fsp3) is 0.333. The SMILES string of the molecule is CCC(=O)c1ccc(OCC(=O)N2CCN(S(=O)(=O)c3ccccc3[N+](=O)[O-])CC2)cc1. The Morgan fingerprint density at radius 2 is 1.66 bits per heavy atom. The minimum Gasteiger partial charge on any atom is -0.484 e. The Kier molecular flexibility index (Phi) is 7.21. The van der Waals surface area contributed by atoms with Gasteiger partial charge in [0.2, 0.25) is 10.0 Å². The Labute approximate surface area is 185 Å². The van der Waals surface area contributed by atoms with Crippen molar-refractivity contribution in [1.82, 2.24) is 9.21 Å². The molecular formula is C21H23N3O7S. The minimum atomic E-state index is -4.06. The number of Topliss-reactive ketones (excluding diaryl/α,β-unsaturated/α-hetero) is 1. The van der Waals surface area contributed by atoms with Crippen molar-refractivity contribution in [3.8, 4) is 5.75 Å². The highest BCUT2D eigenvalue weighted by Crippen LogP contribution is 2.27. The van der Waals surface area contributed by atoms with Gasteiger partial charge in [0.25, 0.3) is 11.6 Å². The first-order valence-electron chi connectivity index (χ1n) is 10.0. The second-order valence-electron chi connectivity index (χ2n) is 7.10. The van der Waals surface area contributed by atoms with Gasteiger partial charge in [-0.2, -0.15) is 4.31 Å². The van der Waals surface area contributed by atoms with E-state index >= 15 is 0 Å². The Balaban J connectivity index is 1.57. The van der Waals surface area contributed by atoms with Crippen LogP contribution in [0.15, 0.2) is 53.4 Å². The minimum absolute atomic E-state index is 0.0151. The summed E-state index contributed by atoms with van der Waals surface area (Å²) in [6.45, 7) is 1.88. The van der Waals surface area contributed by atoms with E-state index in [0.717, 1.165) is 10.4 Å². The Morgan fingerprint density at radius 1 is 1.03 bits per heavy atom. The van der Waals surface area contributed by atoms with Gasteiger partial charge in [-0.3, -0.25) is 19.7 Å². The van der Waals surface area contributed by atoms with E-state index in [9.17, 15) is 28.1 Å². The molecule has 11 heteroatoms. The summed E-state index contributed by atoms with van der Waals surface area (Å²) in [6, 6.07) is 11.7. The molecule has 1 fully saturated rings. The highest BCUT2D eigenvalue weighted by Gasteiger charge is 2.34. The molecule has 0 aliphatic carbocycles. The number of amides is 1. The number of benzene rings is 2. The molecule has 32 heavy (non-hydrogen) atoms. The molecule has 0 aromatic heterocycles. The third-order valence-corrected chi connectivity index (χ3v) is 7.08. The highest BCUT2D eigenvalue weighted by atomic mass is 32.2. The van der Waals surface area contributed by atoms with Crippen molar-refractivity contribution in [2.45, 2.75) is 18.2 Å². The smallest absolute Gasteiger partial charge is 0.289 e. The maximum atomic E-state index is 12.9. The fourth-order valence-electron chi connectivity index (χ4n) is 3.32. The number of ether oxygens (including phenoxy) is 1. The van der Waals surface area contributed by atoms with Crippen LogP contribution in [-0.4, -0.2) is 67.0 Å². The number of hydrogen-bond donors (Lipinski definition) is 0. The molecule has 0 N–H and O–H groups in total.